The Morgan fingerprint density at radius 2 is 1.24 bits per heavy atom. The summed E-state index contributed by atoms with van der Waals surface area (Å²) in [5.74, 6) is 0.800. The van der Waals surface area contributed by atoms with E-state index in [0.29, 0.717) is 11.8 Å². The molecule has 0 nitrogen and oxygen atoms in total. The van der Waals surface area contributed by atoms with E-state index < -0.39 is 19.3 Å². The van der Waals surface area contributed by atoms with Crippen LogP contribution in [-0.2, 0) is 36.5 Å². The zero-order valence-electron chi connectivity index (χ0n) is 31.2. The summed E-state index contributed by atoms with van der Waals surface area (Å²) in [7, 11) is 0. The maximum atomic E-state index is 6.50. The monoisotopic (exact) mass is 822 g/mol. The van der Waals surface area contributed by atoms with Gasteiger partial charge in [0.15, 0.2) is 0 Å². The van der Waals surface area contributed by atoms with Crippen LogP contribution in [0, 0.1) is 11.8 Å². The molecular formula is C45H52Cl4Zr. The molecule has 50 heavy (non-hydrogen) atoms. The van der Waals surface area contributed by atoms with Gasteiger partial charge in [0, 0.05) is 0 Å². The van der Waals surface area contributed by atoms with E-state index in [9.17, 15) is 0 Å². The predicted octanol–water partition coefficient (Wildman–Crippen LogP) is 13.0. The van der Waals surface area contributed by atoms with E-state index in [1.807, 2.05) is 24.3 Å². The Kier molecular flexibility index (Phi) is 12.5. The number of halogens is 4. The molecule has 0 N–H and O–H groups in total. The molecule has 264 valence electrons. The fourth-order valence-electron chi connectivity index (χ4n) is 8.25. The number of allylic oxidation sites excluding steroid dienone is 4. The molecule has 0 bridgehead atoms. The van der Waals surface area contributed by atoms with Crippen molar-refractivity contribution >= 4 is 58.7 Å². The van der Waals surface area contributed by atoms with Crippen molar-refractivity contribution in [3.05, 3.63) is 143 Å². The molecule has 0 heterocycles. The van der Waals surface area contributed by atoms with E-state index in [2.05, 4.69) is 137 Å². The van der Waals surface area contributed by atoms with E-state index in [0.717, 1.165) is 16.5 Å². The molecule has 2 aliphatic carbocycles. The Morgan fingerprint density at radius 3 is 1.70 bits per heavy atom. The van der Waals surface area contributed by atoms with Gasteiger partial charge in [0.25, 0.3) is 0 Å². The molecule has 0 radical (unpaired) electrons. The molecule has 0 saturated carbocycles. The molecule has 0 amide bonds. The number of fused-ring (bicyclic) bond motifs is 3. The van der Waals surface area contributed by atoms with E-state index in [4.69, 9.17) is 23.2 Å². The standard InChI is InChI=1S/C21H25.C10H15.2C7H5Cl.2ClH.Zr/c1-20(2,3)16-7-9-18-14(12-16)11-15-13-17(21(4,5)6)8-10-19(15)18;1-7(2)10-6-8(3)5-9(10)4;2*1-6-2-4-7(8)5-3-6;;;/h7-10,12H,11H2,1-6H3;6-8H,1-4H3;2*1-5H;2*1H;. The average Bonchev–Trinajstić information content (AvgIpc) is 3.53. The minimum atomic E-state index is -4.06. The summed E-state index contributed by atoms with van der Waals surface area (Å²) in [5, 5.41) is 1.54. The van der Waals surface area contributed by atoms with E-state index in [1.54, 1.807) is 6.55 Å². The number of benzene rings is 4. The molecule has 0 spiro atoms. The van der Waals surface area contributed by atoms with Gasteiger partial charge in [-0.25, -0.2) is 0 Å². The van der Waals surface area contributed by atoms with Crippen LogP contribution in [0.2, 0.25) is 10.0 Å². The normalized spacial score (nSPS) is 15.3. The van der Waals surface area contributed by atoms with Crippen molar-refractivity contribution in [2.24, 2.45) is 11.8 Å². The SMILES string of the molecule is CC1=[C]([Zr](=[CH]c2ccc(Cl)cc2)(=[CH]c2ccc(Cl)cc2)[c]2c(C(C)(C)C)ccc3c2Cc2cc(C(C)(C)C)ccc2-3)C(C)C=C1C(C)C.Cl.Cl. The fraction of sp³-hybridized carbons (Fsp3) is 0.333. The molecule has 5 heteroatoms. The minimum absolute atomic E-state index is 0. The third-order valence-corrected chi connectivity index (χ3v) is 22.5. The van der Waals surface area contributed by atoms with Crippen molar-refractivity contribution in [3.8, 4) is 11.1 Å². The van der Waals surface area contributed by atoms with Crippen molar-refractivity contribution in [1.82, 2.24) is 0 Å². The zero-order chi connectivity index (χ0) is 34.8. The molecule has 1 unspecified atom stereocenters. The van der Waals surface area contributed by atoms with Crippen LogP contribution in [0.5, 0.6) is 0 Å². The maximum Gasteiger partial charge on any atom is -0.147 e. The number of hydrogen-bond donors (Lipinski definition) is 0. The molecule has 1 atom stereocenters. The van der Waals surface area contributed by atoms with Crippen LogP contribution in [0.15, 0.2) is 99.4 Å². The van der Waals surface area contributed by atoms with Gasteiger partial charge in [-0.05, 0) is 0 Å². The molecule has 6 rings (SSSR count). The van der Waals surface area contributed by atoms with Crippen molar-refractivity contribution in [3.63, 3.8) is 0 Å². The third kappa shape index (κ3) is 7.75. The molecular weight excluding hydrogens is 774 g/mol. The first kappa shape index (κ1) is 40.9. The third-order valence-electron chi connectivity index (χ3n) is 10.5. The fourth-order valence-corrected chi connectivity index (χ4v) is 22.3. The first-order valence-corrected chi connectivity index (χ1v) is 23.5. The van der Waals surface area contributed by atoms with Crippen LogP contribution in [0.3, 0.4) is 0 Å². The minimum Gasteiger partial charge on any atom is -0.147 e. The summed E-state index contributed by atoms with van der Waals surface area (Å²) in [6.45, 7) is 23.7. The van der Waals surface area contributed by atoms with E-state index in [-0.39, 0.29) is 35.6 Å². The van der Waals surface area contributed by atoms with Crippen LogP contribution < -0.4 is 3.27 Å². The molecule has 4 aromatic carbocycles. The van der Waals surface area contributed by atoms with Crippen molar-refractivity contribution in [2.45, 2.75) is 86.5 Å². The summed E-state index contributed by atoms with van der Waals surface area (Å²) in [4.78, 5) is 0. The molecule has 0 aliphatic heterocycles. The summed E-state index contributed by atoms with van der Waals surface area (Å²) >= 11 is 8.93. The van der Waals surface area contributed by atoms with E-state index >= 15 is 0 Å². The van der Waals surface area contributed by atoms with Gasteiger partial charge in [-0.2, -0.15) is 0 Å². The summed E-state index contributed by atoms with van der Waals surface area (Å²) < 4.78 is 8.75. The van der Waals surface area contributed by atoms with Crippen LogP contribution in [0.4, 0.5) is 0 Å². The average molecular weight is 826 g/mol. The smallest absolute Gasteiger partial charge is 0.147 e. The van der Waals surface area contributed by atoms with Crippen LogP contribution in [-0.4, -0.2) is 7.42 Å². The molecule has 2 aliphatic rings. The van der Waals surface area contributed by atoms with Crippen LogP contribution in [0.1, 0.15) is 103 Å². The summed E-state index contributed by atoms with van der Waals surface area (Å²) in [6.07, 6.45) is 3.53. The summed E-state index contributed by atoms with van der Waals surface area (Å²) in [5.41, 5.74) is 14.2. The van der Waals surface area contributed by atoms with Crippen molar-refractivity contribution in [2.75, 3.05) is 0 Å². The van der Waals surface area contributed by atoms with Crippen molar-refractivity contribution < 1.29 is 19.3 Å². The Labute approximate surface area is 327 Å². The second-order valence-electron chi connectivity index (χ2n) is 16.4. The van der Waals surface area contributed by atoms with Crippen molar-refractivity contribution in [1.29, 1.82) is 0 Å². The molecule has 0 saturated heterocycles. The quantitative estimate of drug-likeness (QED) is 0.166. The number of hydrogen-bond acceptors (Lipinski definition) is 0. The van der Waals surface area contributed by atoms with Gasteiger partial charge in [0.1, 0.15) is 0 Å². The Balaban J connectivity index is 0.00000281. The van der Waals surface area contributed by atoms with E-state index in [1.165, 1.54) is 55.7 Å². The Hall–Kier alpha value is -1.86. The maximum absolute atomic E-state index is 6.50. The van der Waals surface area contributed by atoms with Gasteiger partial charge in [-0.3, -0.25) is 0 Å². The van der Waals surface area contributed by atoms with Gasteiger partial charge in [0.2, 0.25) is 0 Å². The van der Waals surface area contributed by atoms with Gasteiger partial charge >= 0.3 is 305 Å². The molecule has 0 fully saturated rings. The topological polar surface area (TPSA) is 0 Å². The zero-order valence-corrected chi connectivity index (χ0v) is 36.8. The van der Waals surface area contributed by atoms with Crippen LogP contribution >= 0.6 is 48.0 Å². The molecule has 0 aromatic heterocycles. The Morgan fingerprint density at radius 1 is 0.720 bits per heavy atom. The second kappa shape index (κ2) is 15.2. The first-order valence-electron chi connectivity index (χ1n) is 17.5. The van der Waals surface area contributed by atoms with Gasteiger partial charge < -0.3 is 0 Å². The van der Waals surface area contributed by atoms with Gasteiger partial charge in [-0.1, -0.05) is 0 Å². The van der Waals surface area contributed by atoms with Crippen LogP contribution in [0.25, 0.3) is 11.1 Å². The van der Waals surface area contributed by atoms with Gasteiger partial charge in [0.05, 0.1) is 0 Å². The largest absolute Gasteiger partial charge is 0.147 e. The number of rotatable bonds is 5. The second-order valence-corrected chi connectivity index (χ2v) is 25.5. The van der Waals surface area contributed by atoms with Gasteiger partial charge in [-0.15, -0.1) is 24.8 Å². The first-order chi connectivity index (χ1) is 22.5. The Bertz CT molecular complexity index is 2030. The predicted molar refractivity (Wildman–Crippen MR) is 224 cm³/mol. The summed E-state index contributed by atoms with van der Waals surface area (Å²) in [6, 6.07) is 29.2. The molecule has 4 aromatic rings.